The number of aryl methyl sites for hydroxylation is 1. The molecule has 0 saturated carbocycles. The third-order valence-electron chi connectivity index (χ3n) is 2.57. The van der Waals surface area contributed by atoms with E-state index in [1.807, 2.05) is 0 Å². The lowest BCUT2D eigenvalue weighted by Gasteiger charge is -2.12. The Labute approximate surface area is 107 Å². The van der Waals surface area contributed by atoms with Gasteiger partial charge in [-0.15, -0.1) is 13.2 Å². The normalized spacial score (nSPS) is 11.4. The Kier molecular flexibility index (Phi) is 3.46. The monoisotopic (exact) mass is 270 g/mol. The van der Waals surface area contributed by atoms with Crippen molar-refractivity contribution in [2.45, 2.75) is 13.3 Å². The van der Waals surface area contributed by atoms with Gasteiger partial charge in [0.25, 0.3) is 0 Å². The predicted octanol–water partition coefficient (Wildman–Crippen LogP) is 4.70. The van der Waals surface area contributed by atoms with Crippen molar-refractivity contribution in [1.82, 2.24) is 0 Å². The Balaban J connectivity index is 2.34. The van der Waals surface area contributed by atoms with E-state index in [1.54, 1.807) is 19.1 Å². The van der Waals surface area contributed by atoms with Crippen molar-refractivity contribution >= 4 is 0 Å². The zero-order valence-electron chi connectivity index (χ0n) is 9.96. The molecule has 2 aromatic carbocycles. The topological polar surface area (TPSA) is 9.23 Å². The third kappa shape index (κ3) is 3.47. The standard InChI is InChI=1S/C14H10F4O/c1-9-7-12(19-14(16,17)18)5-6-13(9)10-3-2-4-11(15)8-10/h2-8H,1H3. The van der Waals surface area contributed by atoms with Crippen LogP contribution < -0.4 is 4.74 Å². The molecule has 0 aromatic heterocycles. The number of hydrogen-bond acceptors (Lipinski definition) is 1. The zero-order valence-corrected chi connectivity index (χ0v) is 9.96. The van der Waals surface area contributed by atoms with Crippen LogP contribution in [-0.4, -0.2) is 6.36 Å². The van der Waals surface area contributed by atoms with Crippen LogP contribution in [-0.2, 0) is 0 Å². The Bertz CT molecular complexity index is 590. The van der Waals surface area contributed by atoms with E-state index in [9.17, 15) is 17.6 Å². The molecule has 0 radical (unpaired) electrons. The van der Waals surface area contributed by atoms with Crippen molar-refractivity contribution in [1.29, 1.82) is 0 Å². The van der Waals surface area contributed by atoms with Crippen LogP contribution in [0.1, 0.15) is 5.56 Å². The minimum absolute atomic E-state index is 0.287. The van der Waals surface area contributed by atoms with Gasteiger partial charge in [-0.05, 0) is 47.9 Å². The van der Waals surface area contributed by atoms with Gasteiger partial charge < -0.3 is 4.74 Å². The highest BCUT2D eigenvalue weighted by Crippen LogP contribution is 2.29. The van der Waals surface area contributed by atoms with Gasteiger partial charge in [0.1, 0.15) is 11.6 Å². The molecule has 0 amide bonds. The van der Waals surface area contributed by atoms with Crippen molar-refractivity contribution in [2.75, 3.05) is 0 Å². The lowest BCUT2D eigenvalue weighted by Crippen LogP contribution is -2.17. The van der Waals surface area contributed by atoms with Crippen molar-refractivity contribution in [3.63, 3.8) is 0 Å². The summed E-state index contributed by atoms with van der Waals surface area (Å²) in [5.74, 6) is -0.683. The average Bonchev–Trinajstić information content (AvgIpc) is 2.26. The van der Waals surface area contributed by atoms with E-state index in [-0.39, 0.29) is 5.75 Å². The molecule has 19 heavy (non-hydrogen) atoms. The van der Waals surface area contributed by atoms with Gasteiger partial charge in [-0.2, -0.15) is 0 Å². The van der Waals surface area contributed by atoms with Crippen molar-refractivity contribution < 1.29 is 22.3 Å². The van der Waals surface area contributed by atoms with E-state index in [1.165, 1.54) is 30.3 Å². The van der Waals surface area contributed by atoms with E-state index in [4.69, 9.17) is 0 Å². The highest BCUT2D eigenvalue weighted by molar-refractivity contribution is 5.68. The van der Waals surface area contributed by atoms with Gasteiger partial charge in [0.2, 0.25) is 0 Å². The number of halogens is 4. The average molecular weight is 270 g/mol. The molecule has 100 valence electrons. The van der Waals surface area contributed by atoms with Crippen LogP contribution in [0.5, 0.6) is 5.75 Å². The van der Waals surface area contributed by atoms with Gasteiger partial charge >= 0.3 is 6.36 Å². The summed E-state index contributed by atoms with van der Waals surface area (Å²) in [5, 5.41) is 0. The first-order chi connectivity index (χ1) is 8.85. The smallest absolute Gasteiger partial charge is 0.406 e. The second-order valence-electron chi connectivity index (χ2n) is 4.03. The molecule has 0 aliphatic carbocycles. The van der Waals surface area contributed by atoms with Gasteiger partial charge in [0, 0.05) is 0 Å². The van der Waals surface area contributed by atoms with Crippen LogP contribution in [0.4, 0.5) is 17.6 Å². The molecule has 2 rings (SSSR count). The number of ether oxygens (including phenoxy) is 1. The molecule has 0 bridgehead atoms. The molecule has 0 spiro atoms. The maximum Gasteiger partial charge on any atom is 0.573 e. The highest BCUT2D eigenvalue weighted by atomic mass is 19.4. The zero-order chi connectivity index (χ0) is 14.0. The number of alkyl halides is 3. The highest BCUT2D eigenvalue weighted by Gasteiger charge is 2.31. The first kappa shape index (κ1) is 13.4. The lowest BCUT2D eigenvalue weighted by atomic mass is 10.0. The fraction of sp³-hybridized carbons (Fsp3) is 0.143. The van der Waals surface area contributed by atoms with E-state index < -0.39 is 12.2 Å². The summed E-state index contributed by atoms with van der Waals surface area (Å²) in [7, 11) is 0. The van der Waals surface area contributed by atoms with Crippen LogP contribution in [0.25, 0.3) is 11.1 Å². The summed E-state index contributed by atoms with van der Waals surface area (Å²) in [6, 6.07) is 9.83. The molecule has 5 heteroatoms. The van der Waals surface area contributed by atoms with Crippen LogP contribution in [0.2, 0.25) is 0 Å². The summed E-state index contributed by atoms with van der Waals surface area (Å²) >= 11 is 0. The fourth-order valence-electron chi connectivity index (χ4n) is 1.81. The van der Waals surface area contributed by atoms with Crippen molar-refractivity contribution in [2.24, 2.45) is 0 Å². The summed E-state index contributed by atoms with van der Waals surface area (Å²) in [6.07, 6.45) is -4.72. The molecule has 0 atom stereocenters. The Morgan fingerprint density at radius 1 is 1.00 bits per heavy atom. The molecule has 0 fully saturated rings. The Hall–Kier alpha value is -2.04. The summed E-state index contributed by atoms with van der Waals surface area (Å²) in [4.78, 5) is 0. The summed E-state index contributed by atoms with van der Waals surface area (Å²) < 4.78 is 53.2. The largest absolute Gasteiger partial charge is 0.573 e. The van der Waals surface area contributed by atoms with Gasteiger partial charge in [0.15, 0.2) is 0 Å². The molecular formula is C14H10F4O. The summed E-state index contributed by atoms with van der Waals surface area (Å²) in [6.45, 7) is 1.64. The molecular weight excluding hydrogens is 260 g/mol. The second-order valence-corrected chi connectivity index (χ2v) is 4.03. The number of hydrogen-bond donors (Lipinski definition) is 0. The van der Waals surface area contributed by atoms with Gasteiger partial charge in [-0.3, -0.25) is 0 Å². The quantitative estimate of drug-likeness (QED) is 0.719. The van der Waals surface area contributed by atoms with Crippen molar-refractivity contribution in [3.05, 3.63) is 53.8 Å². The molecule has 0 unspecified atom stereocenters. The maximum absolute atomic E-state index is 13.1. The third-order valence-corrected chi connectivity index (χ3v) is 2.57. The number of rotatable bonds is 2. The minimum Gasteiger partial charge on any atom is -0.406 e. The van der Waals surface area contributed by atoms with Gasteiger partial charge in [-0.1, -0.05) is 18.2 Å². The molecule has 0 N–H and O–H groups in total. The molecule has 2 aromatic rings. The molecule has 0 aliphatic rings. The van der Waals surface area contributed by atoms with Crippen molar-refractivity contribution in [3.8, 4) is 16.9 Å². The predicted molar refractivity (Wildman–Crippen MR) is 63.3 cm³/mol. The van der Waals surface area contributed by atoms with E-state index in [0.29, 0.717) is 16.7 Å². The summed E-state index contributed by atoms with van der Waals surface area (Å²) in [5.41, 5.74) is 1.84. The van der Waals surface area contributed by atoms with Crippen LogP contribution >= 0.6 is 0 Å². The molecule has 0 aliphatic heterocycles. The maximum atomic E-state index is 13.1. The fourth-order valence-corrected chi connectivity index (χ4v) is 1.81. The van der Waals surface area contributed by atoms with Crippen LogP contribution in [0.3, 0.4) is 0 Å². The van der Waals surface area contributed by atoms with Crippen LogP contribution in [0.15, 0.2) is 42.5 Å². The SMILES string of the molecule is Cc1cc(OC(F)(F)F)ccc1-c1cccc(F)c1. The van der Waals surface area contributed by atoms with E-state index in [2.05, 4.69) is 4.74 Å². The van der Waals surface area contributed by atoms with Gasteiger partial charge in [-0.25, -0.2) is 4.39 Å². The van der Waals surface area contributed by atoms with Gasteiger partial charge in [0.05, 0.1) is 0 Å². The number of benzene rings is 2. The van der Waals surface area contributed by atoms with Crippen LogP contribution in [0, 0.1) is 12.7 Å². The Morgan fingerprint density at radius 3 is 2.32 bits per heavy atom. The Morgan fingerprint density at radius 2 is 1.74 bits per heavy atom. The minimum atomic E-state index is -4.72. The lowest BCUT2D eigenvalue weighted by molar-refractivity contribution is -0.274. The molecule has 0 saturated heterocycles. The first-order valence-electron chi connectivity index (χ1n) is 5.47. The molecule has 0 heterocycles. The molecule has 1 nitrogen and oxygen atoms in total. The second kappa shape index (κ2) is 4.91. The van der Waals surface area contributed by atoms with E-state index >= 15 is 0 Å². The van der Waals surface area contributed by atoms with E-state index in [0.717, 1.165) is 0 Å². The first-order valence-corrected chi connectivity index (χ1v) is 5.47.